The van der Waals surface area contributed by atoms with Gasteiger partial charge in [0.1, 0.15) is 4.60 Å². The van der Waals surface area contributed by atoms with E-state index in [1.165, 1.54) is 0 Å². The van der Waals surface area contributed by atoms with E-state index in [0.29, 0.717) is 6.54 Å². The number of hydrogen-bond donors (Lipinski definition) is 1. The van der Waals surface area contributed by atoms with E-state index < -0.39 is 0 Å². The first-order chi connectivity index (χ1) is 9.22. The van der Waals surface area contributed by atoms with Gasteiger partial charge in [0, 0.05) is 31.4 Å². The molecule has 3 aromatic heterocycles. The summed E-state index contributed by atoms with van der Waals surface area (Å²) in [6.45, 7) is 0.569. The molecule has 0 aromatic carbocycles. The summed E-state index contributed by atoms with van der Waals surface area (Å²) in [5, 5.41) is 4.59. The van der Waals surface area contributed by atoms with Crippen LogP contribution in [0.3, 0.4) is 0 Å². The van der Waals surface area contributed by atoms with E-state index in [0.717, 1.165) is 33.9 Å². The normalized spacial score (nSPS) is 11.3. The third-order valence-electron chi connectivity index (χ3n) is 2.98. The Hall–Kier alpha value is -1.73. The first-order valence-corrected chi connectivity index (χ1v) is 6.72. The number of imidazole rings is 1. The van der Waals surface area contributed by atoms with Gasteiger partial charge in [-0.2, -0.15) is 4.52 Å². The molecule has 0 saturated heterocycles. The van der Waals surface area contributed by atoms with Crippen molar-refractivity contribution >= 4 is 21.7 Å². The van der Waals surface area contributed by atoms with Crippen LogP contribution in [0.25, 0.3) is 17.2 Å². The Morgan fingerprint density at radius 1 is 1.32 bits per heavy atom. The smallest absolute Gasteiger partial charge is 0.233 e. The summed E-state index contributed by atoms with van der Waals surface area (Å²) in [7, 11) is 1.95. The van der Waals surface area contributed by atoms with Gasteiger partial charge < -0.3 is 5.73 Å². The molecular formula is C12H13BrN6. The summed E-state index contributed by atoms with van der Waals surface area (Å²) in [6.07, 6.45) is 4.23. The highest BCUT2D eigenvalue weighted by molar-refractivity contribution is 9.10. The van der Waals surface area contributed by atoms with Crippen LogP contribution in [0.2, 0.25) is 0 Å². The van der Waals surface area contributed by atoms with E-state index >= 15 is 0 Å². The molecule has 0 unspecified atom stereocenters. The zero-order valence-corrected chi connectivity index (χ0v) is 12.0. The molecule has 7 heteroatoms. The van der Waals surface area contributed by atoms with Gasteiger partial charge >= 0.3 is 0 Å². The third kappa shape index (κ3) is 1.95. The van der Waals surface area contributed by atoms with E-state index in [1.807, 2.05) is 23.7 Å². The molecule has 0 bridgehead atoms. The third-order valence-corrected chi connectivity index (χ3v) is 3.77. The Morgan fingerprint density at radius 2 is 2.05 bits per heavy atom. The number of aromatic nitrogens is 5. The molecule has 0 aliphatic heterocycles. The lowest BCUT2D eigenvalue weighted by molar-refractivity contribution is 0.892. The number of nitrogens with two attached hydrogens (primary N) is 1. The summed E-state index contributed by atoms with van der Waals surface area (Å²) in [5.74, 6) is 1.65. The average molecular weight is 321 g/mol. The maximum absolute atomic E-state index is 5.57. The van der Waals surface area contributed by atoms with Gasteiger partial charge in [-0.25, -0.2) is 4.98 Å². The number of nitrogens with zero attached hydrogens (tertiary/aromatic N) is 5. The monoisotopic (exact) mass is 320 g/mol. The van der Waals surface area contributed by atoms with Gasteiger partial charge in [-0.15, -0.1) is 5.10 Å². The summed E-state index contributed by atoms with van der Waals surface area (Å²) >= 11 is 3.53. The van der Waals surface area contributed by atoms with Crippen LogP contribution in [0.15, 0.2) is 29.1 Å². The minimum Gasteiger partial charge on any atom is -0.330 e. The summed E-state index contributed by atoms with van der Waals surface area (Å²) in [6, 6.07) is 3.85. The van der Waals surface area contributed by atoms with E-state index in [2.05, 4.69) is 31.0 Å². The lowest BCUT2D eigenvalue weighted by Gasteiger charge is -1.99. The predicted octanol–water partition coefficient (Wildman–Crippen LogP) is 1.39. The molecule has 0 radical (unpaired) electrons. The second-order valence-electron chi connectivity index (χ2n) is 4.22. The highest BCUT2D eigenvalue weighted by Crippen LogP contribution is 2.23. The SMILES string of the molecule is Cn1c(-c2ccncc2)nn2c(Br)c(CCN)nc12. The lowest BCUT2D eigenvalue weighted by atomic mass is 10.2. The van der Waals surface area contributed by atoms with E-state index in [1.54, 1.807) is 16.9 Å². The predicted molar refractivity (Wildman–Crippen MR) is 75.6 cm³/mol. The molecule has 0 spiro atoms. The van der Waals surface area contributed by atoms with Crippen molar-refractivity contribution in [1.29, 1.82) is 0 Å². The zero-order chi connectivity index (χ0) is 13.4. The Bertz CT molecular complexity index is 715. The number of aryl methyl sites for hydroxylation is 1. The second kappa shape index (κ2) is 4.75. The van der Waals surface area contributed by atoms with Crippen LogP contribution in [-0.2, 0) is 13.5 Å². The lowest BCUT2D eigenvalue weighted by Crippen LogP contribution is -2.04. The van der Waals surface area contributed by atoms with Gasteiger partial charge in [-0.3, -0.25) is 9.55 Å². The molecule has 6 nitrogen and oxygen atoms in total. The molecule has 3 aromatic rings. The van der Waals surface area contributed by atoms with Crippen LogP contribution in [-0.4, -0.2) is 30.7 Å². The molecule has 0 atom stereocenters. The van der Waals surface area contributed by atoms with Crippen LogP contribution < -0.4 is 5.73 Å². The van der Waals surface area contributed by atoms with Crippen LogP contribution in [0.4, 0.5) is 0 Å². The van der Waals surface area contributed by atoms with Crippen molar-refractivity contribution in [2.24, 2.45) is 12.8 Å². The first-order valence-electron chi connectivity index (χ1n) is 5.92. The molecular weight excluding hydrogens is 308 g/mol. The van der Waals surface area contributed by atoms with Crippen LogP contribution in [0, 0.1) is 0 Å². The maximum atomic E-state index is 5.57. The fourth-order valence-electron chi connectivity index (χ4n) is 2.03. The minimum absolute atomic E-state index is 0.569. The quantitative estimate of drug-likeness (QED) is 0.791. The van der Waals surface area contributed by atoms with Gasteiger partial charge in [-0.1, -0.05) is 0 Å². The van der Waals surface area contributed by atoms with Gasteiger partial charge in [0.25, 0.3) is 0 Å². The van der Waals surface area contributed by atoms with Gasteiger partial charge in [0.05, 0.1) is 5.69 Å². The fourth-order valence-corrected chi connectivity index (χ4v) is 2.56. The highest BCUT2D eigenvalue weighted by Gasteiger charge is 2.17. The molecule has 0 fully saturated rings. The number of halogens is 1. The van der Waals surface area contributed by atoms with Crippen molar-refractivity contribution in [3.8, 4) is 11.4 Å². The van der Waals surface area contributed by atoms with Crippen molar-refractivity contribution in [3.63, 3.8) is 0 Å². The van der Waals surface area contributed by atoms with Gasteiger partial charge in [0.2, 0.25) is 5.78 Å². The summed E-state index contributed by atoms with van der Waals surface area (Å²) in [4.78, 5) is 8.58. The maximum Gasteiger partial charge on any atom is 0.233 e. The van der Waals surface area contributed by atoms with Crippen LogP contribution >= 0.6 is 15.9 Å². The molecule has 3 heterocycles. The standard InChI is InChI=1S/C12H13BrN6/c1-18-11(8-3-6-15-7-4-8)17-19-10(13)9(2-5-14)16-12(18)19/h3-4,6-7H,2,5,14H2,1H3. The van der Waals surface area contributed by atoms with E-state index in [-0.39, 0.29) is 0 Å². The fraction of sp³-hybridized carbons (Fsp3) is 0.250. The number of pyridine rings is 1. The second-order valence-corrected chi connectivity index (χ2v) is 4.97. The molecule has 0 amide bonds. The molecule has 0 aliphatic carbocycles. The van der Waals surface area contributed by atoms with E-state index in [4.69, 9.17) is 5.73 Å². The average Bonchev–Trinajstić information content (AvgIpc) is 2.91. The zero-order valence-electron chi connectivity index (χ0n) is 10.4. The minimum atomic E-state index is 0.569. The summed E-state index contributed by atoms with van der Waals surface area (Å²) < 4.78 is 4.62. The Kier molecular flexibility index (Phi) is 3.08. The molecule has 2 N–H and O–H groups in total. The number of fused-ring (bicyclic) bond motifs is 1. The first kappa shape index (κ1) is 12.3. The molecule has 0 aliphatic rings. The molecule has 98 valence electrons. The van der Waals surface area contributed by atoms with Crippen molar-refractivity contribution in [1.82, 2.24) is 24.1 Å². The molecule has 0 saturated carbocycles. The highest BCUT2D eigenvalue weighted by atomic mass is 79.9. The van der Waals surface area contributed by atoms with Crippen molar-refractivity contribution in [3.05, 3.63) is 34.8 Å². The molecule has 3 rings (SSSR count). The summed E-state index contributed by atoms with van der Waals surface area (Å²) in [5.41, 5.74) is 7.52. The van der Waals surface area contributed by atoms with Crippen molar-refractivity contribution in [2.45, 2.75) is 6.42 Å². The largest absolute Gasteiger partial charge is 0.330 e. The van der Waals surface area contributed by atoms with Gasteiger partial charge in [-0.05, 0) is 34.6 Å². The Morgan fingerprint density at radius 3 is 2.68 bits per heavy atom. The van der Waals surface area contributed by atoms with E-state index in [9.17, 15) is 0 Å². The van der Waals surface area contributed by atoms with Crippen LogP contribution in [0.5, 0.6) is 0 Å². The van der Waals surface area contributed by atoms with Crippen molar-refractivity contribution in [2.75, 3.05) is 6.54 Å². The van der Waals surface area contributed by atoms with Gasteiger partial charge in [0.15, 0.2) is 5.82 Å². The number of rotatable bonds is 3. The van der Waals surface area contributed by atoms with Crippen LogP contribution in [0.1, 0.15) is 5.69 Å². The molecule has 19 heavy (non-hydrogen) atoms. The van der Waals surface area contributed by atoms with Crippen molar-refractivity contribution < 1.29 is 0 Å². The Balaban J connectivity index is 2.17. The topological polar surface area (TPSA) is 74.0 Å². The number of hydrogen-bond acceptors (Lipinski definition) is 4. The Labute approximate surface area is 118 Å².